The van der Waals surface area contributed by atoms with Crippen molar-refractivity contribution >= 4 is 5.91 Å². The van der Waals surface area contributed by atoms with Crippen LogP contribution in [0, 0.1) is 5.41 Å². The maximum absolute atomic E-state index is 12.4. The first kappa shape index (κ1) is 15.6. The first-order valence-corrected chi connectivity index (χ1v) is 7.29. The molecule has 1 aromatic rings. The molecule has 1 aliphatic heterocycles. The molecule has 1 amide bonds. The van der Waals surface area contributed by atoms with Gasteiger partial charge in [0.2, 0.25) is 5.91 Å². The normalized spacial score (nSPS) is 21.7. The van der Waals surface area contributed by atoms with Crippen molar-refractivity contribution in [3.63, 3.8) is 0 Å². The van der Waals surface area contributed by atoms with Gasteiger partial charge in [-0.1, -0.05) is 6.07 Å². The monoisotopic (exact) mass is 292 g/mol. The van der Waals surface area contributed by atoms with E-state index in [1.165, 1.54) is 0 Å². The van der Waals surface area contributed by atoms with E-state index in [-0.39, 0.29) is 11.3 Å². The smallest absolute Gasteiger partial charge is 0.227 e. The molecule has 0 radical (unpaired) electrons. The van der Waals surface area contributed by atoms with Crippen LogP contribution in [0.4, 0.5) is 0 Å². The number of hydrogen-bond donors (Lipinski definition) is 2. The largest absolute Gasteiger partial charge is 0.493 e. The van der Waals surface area contributed by atoms with E-state index in [2.05, 4.69) is 10.6 Å². The van der Waals surface area contributed by atoms with Crippen molar-refractivity contribution in [2.45, 2.75) is 26.3 Å². The van der Waals surface area contributed by atoms with E-state index in [1.54, 1.807) is 14.2 Å². The number of amides is 1. The second-order valence-corrected chi connectivity index (χ2v) is 5.71. The lowest BCUT2D eigenvalue weighted by atomic mass is 9.82. The molecule has 2 rings (SSSR count). The number of hydrogen-bond acceptors (Lipinski definition) is 4. The number of piperidine rings is 1. The molecule has 1 aliphatic rings. The molecule has 0 aromatic heterocycles. The van der Waals surface area contributed by atoms with Gasteiger partial charge < -0.3 is 20.1 Å². The number of rotatable bonds is 5. The van der Waals surface area contributed by atoms with E-state index in [4.69, 9.17) is 9.47 Å². The van der Waals surface area contributed by atoms with Crippen LogP contribution in [0.2, 0.25) is 0 Å². The van der Waals surface area contributed by atoms with Gasteiger partial charge in [0.1, 0.15) is 0 Å². The minimum absolute atomic E-state index is 0.101. The molecule has 1 atom stereocenters. The van der Waals surface area contributed by atoms with Crippen LogP contribution in [0.15, 0.2) is 18.2 Å². The van der Waals surface area contributed by atoms with Crippen molar-refractivity contribution in [3.05, 3.63) is 23.8 Å². The Morgan fingerprint density at radius 2 is 2.10 bits per heavy atom. The van der Waals surface area contributed by atoms with Gasteiger partial charge in [-0.25, -0.2) is 0 Å². The molecular formula is C16H24N2O3. The van der Waals surface area contributed by atoms with Crippen molar-refractivity contribution in [1.29, 1.82) is 0 Å². The quantitative estimate of drug-likeness (QED) is 0.867. The van der Waals surface area contributed by atoms with Crippen LogP contribution in [0.5, 0.6) is 11.5 Å². The third-order valence-electron chi connectivity index (χ3n) is 4.05. The zero-order valence-electron chi connectivity index (χ0n) is 13.0. The van der Waals surface area contributed by atoms with E-state index < -0.39 is 0 Å². The van der Waals surface area contributed by atoms with Gasteiger partial charge in [0, 0.05) is 13.1 Å². The summed E-state index contributed by atoms with van der Waals surface area (Å²) in [5.41, 5.74) is 0.683. The fourth-order valence-corrected chi connectivity index (χ4v) is 2.64. The summed E-state index contributed by atoms with van der Waals surface area (Å²) in [5.74, 6) is 1.47. The third-order valence-corrected chi connectivity index (χ3v) is 4.05. The topological polar surface area (TPSA) is 59.6 Å². The van der Waals surface area contributed by atoms with E-state index in [9.17, 15) is 4.79 Å². The predicted octanol–water partition coefficient (Wildman–Crippen LogP) is 1.71. The van der Waals surface area contributed by atoms with Gasteiger partial charge in [0.25, 0.3) is 0 Å². The second kappa shape index (κ2) is 6.80. The molecule has 1 aromatic carbocycles. The van der Waals surface area contributed by atoms with Crippen LogP contribution in [0.25, 0.3) is 0 Å². The predicted molar refractivity (Wildman–Crippen MR) is 81.6 cm³/mol. The second-order valence-electron chi connectivity index (χ2n) is 5.71. The van der Waals surface area contributed by atoms with E-state index >= 15 is 0 Å². The fraction of sp³-hybridized carbons (Fsp3) is 0.562. The van der Waals surface area contributed by atoms with Crippen molar-refractivity contribution in [2.24, 2.45) is 5.41 Å². The number of ether oxygens (including phenoxy) is 2. The van der Waals surface area contributed by atoms with Gasteiger partial charge in [0.05, 0.1) is 19.6 Å². The summed E-state index contributed by atoms with van der Waals surface area (Å²) in [6.45, 7) is 4.25. The molecule has 116 valence electrons. The molecule has 1 saturated heterocycles. The summed E-state index contributed by atoms with van der Waals surface area (Å²) in [7, 11) is 3.21. The summed E-state index contributed by atoms with van der Waals surface area (Å²) in [4.78, 5) is 12.4. The van der Waals surface area contributed by atoms with E-state index in [1.807, 2.05) is 25.1 Å². The minimum atomic E-state index is -0.311. The highest BCUT2D eigenvalue weighted by atomic mass is 16.5. The number of nitrogens with one attached hydrogen (secondary N) is 2. The van der Waals surface area contributed by atoms with Crippen LogP contribution in [-0.2, 0) is 11.3 Å². The maximum Gasteiger partial charge on any atom is 0.227 e. The minimum Gasteiger partial charge on any atom is -0.493 e. The van der Waals surface area contributed by atoms with E-state index in [0.717, 1.165) is 31.5 Å². The standard InChI is InChI=1S/C16H24N2O3/c1-16(7-4-8-17-11-16)15(19)18-10-12-5-6-13(20-2)14(9-12)21-3/h5-6,9,17H,4,7-8,10-11H2,1-3H3,(H,18,19). The zero-order valence-corrected chi connectivity index (χ0v) is 13.0. The molecule has 21 heavy (non-hydrogen) atoms. The fourth-order valence-electron chi connectivity index (χ4n) is 2.64. The Hall–Kier alpha value is -1.75. The SMILES string of the molecule is COc1ccc(CNC(=O)C2(C)CCCNC2)cc1OC. The highest BCUT2D eigenvalue weighted by Crippen LogP contribution is 2.28. The molecule has 2 N–H and O–H groups in total. The summed E-state index contributed by atoms with van der Waals surface area (Å²) < 4.78 is 10.5. The molecule has 5 heteroatoms. The Morgan fingerprint density at radius 3 is 2.71 bits per heavy atom. The van der Waals surface area contributed by atoms with E-state index in [0.29, 0.717) is 18.0 Å². The summed E-state index contributed by atoms with van der Waals surface area (Å²) >= 11 is 0. The number of benzene rings is 1. The van der Waals surface area contributed by atoms with Crippen LogP contribution in [0.1, 0.15) is 25.3 Å². The lowest BCUT2D eigenvalue weighted by molar-refractivity contribution is -0.131. The van der Waals surface area contributed by atoms with Crippen molar-refractivity contribution in [2.75, 3.05) is 27.3 Å². The van der Waals surface area contributed by atoms with Gasteiger partial charge in [-0.15, -0.1) is 0 Å². The van der Waals surface area contributed by atoms with Crippen LogP contribution in [0.3, 0.4) is 0 Å². The lowest BCUT2D eigenvalue weighted by Gasteiger charge is -2.32. The zero-order chi connectivity index (χ0) is 15.3. The van der Waals surface area contributed by atoms with Gasteiger partial charge >= 0.3 is 0 Å². The van der Waals surface area contributed by atoms with Gasteiger partial charge in [-0.05, 0) is 44.0 Å². The molecule has 1 heterocycles. The highest BCUT2D eigenvalue weighted by molar-refractivity contribution is 5.82. The van der Waals surface area contributed by atoms with Crippen molar-refractivity contribution < 1.29 is 14.3 Å². The molecule has 1 unspecified atom stereocenters. The first-order valence-electron chi connectivity index (χ1n) is 7.29. The maximum atomic E-state index is 12.4. The number of carbonyl (C=O) groups excluding carboxylic acids is 1. The van der Waals surface area contributed by atoms with Gasteiger partial charge in [-0.2, -0.15) is 0 Å². The van der Waals surface area contributed by atoms with Gasteiger partial charge in [0.15, 0.2) is 11.5 Å². The lowest BCUT2D eigenvalue weighted by Crippen LogP contribution is -2.48. The van der Waals surface area contributed by atoms with Crippen LogP contribution >= 0.6 is 0 Å². The number of carbonyl (C=O) groups is 1. The Kier molecular flexibility index (Phi) is 5.07. The molecule has 0 bridgehead atoms. The Morgan fingerprint density at radius 1 is 1.33 bits per heavy atom. The van der Waals surface area contributed by atoms with Crippen molar-refractivity contribution in [3.8, 4) is 11.5 Å². The molecular weight excluding hydrogens is 268 g/mol. The molecule has 0 aliphatic carbocycles. The first-order chi connectivity index (χ1) is 10.1. The van der Waals surface area contributed by atoms with Crippen LogP contribution < -0.4 is 20.1 Å². The molecule has 0 spiro atoms. The molecule has 5 nitrogen and oxygen atoms in total. The summed E-state index contributed by atoms with van der Waals surface area (Å²) in [5, 5.41) is 6.31. The Bertz CT molecular complexity index is 496. The average molecular weight is 292 g/mol. The number of methoxy groups -OCH3 is 2. The summed E-state index contributed by atoms with van der Waals surface area (Å²) in [6.07, 6.45) is 1.97. The Labute approximate surface area is 126 Å². The third kappa shape index (κ3) is 3.67. The average Bonchev–Trinajstić information content (AvgIpc) is 2.52. The van der Waals surface area contributed by atoms with Crippen molar-refractivity contribution in [1.82, 2.24) is 10.6 Å². The Balaban J connectivity index is 1.97. The summed E-state index contributed by atoms with van der Waals surface area (Å²) in [6, 6.07) is 5.67. The van der Waals surface area contributed by atoms with Gasteiger partial charge in [-0.3, -0.25) is 4.79 Å². The molecule has 1 fully saturated rings. The molecule has 0 saturated carbocycles. The van der Waals surface area contributed by atoms with Crippen LogP contribution in [-0.4, -0.2) is 33.2 Å². The highest BCUT2D eigenvalue weighted by Gasteiger charge is 2.34.